The van der Waals surface area contributed by atoms with Crippen LogP contribution in [0.4, 0.5) is 0 Å². The monoisotopic (exact) mass is 214 g/mol. The Hall–Kier alpha value is 2.49. The molecule has 0 saturated carbocycles. The van der Waals surface area contributed by atoms with E-state index in [0.29, 0.717) is 0 Å². The van der Waals surface area contributed by atoms with E-state index < -0.39 is 7.82 Å². The number of phosphoric acid groups is 1. The first-order valence-corrected chi connectivity index (χ1v) is 2.35. The molecule has 0 aliphatic rings. The second kappa shape index (κ2) is 13.1. The maximum absolute atomic E-state index is 8.88. The topological polar surface area (TPSA) is 77.8 Å². The van der Waals surface area contributed by atoms with Gasteiger partial charge in [-0.3, -0.25) is 0 Å². The molecule has 0 aromatic rings. The van der Waals surface area contributed by atoms with Crippen molar-refractivity contribution < 1.29 is 41.0 Å². The van der Waals surface area contributed by atoms with Gasteiger partial charge in [-0.1, -0.05) is 0 Å². The summed E-state index contributed by atoms with van der Waals surface area (Å²) in [5.74, 6) is 0. The van der Waals surface area contributed by atoms with E-state index in [9.17, 15) is 0 Å². The van der Waals surface area contributed by atoms with E-state index in [4.69, 9.17) is 19.2 Å². The van der Waals surface area contributed by atoms with Crippen LogP contribution in [0.1, 0.15) is 0 Å². The van der Waals surface area contributed by atoms with Crippen LogP contribution in [0.25, 0.3) is 0 Å². The van der Waals surface area contributed by atoms with Crippen LogP contribution in [-0.2, 0) is 26.3 Å². The largest absolute Gasteiger partial charge is 0 e. The van der Waals surface area contributed by atoms with Gasteiger partial charge >= 0.3 is 26.7 Å². The Morgan fingerprint density at radius 2 is 1.00 bits per heavy atom. The third-order valence-electron chi connectivity index (χ3n) is 0. The first-order chi connectivity index (χ1) is 2.00. The van der Waals surface area contributed by atoms with Gasteiger partial charge in [-0.15, -0.1) is 0 Å². The molecule has 0 spiro atoms. The van der Waals surface area contributed by atoms with Crippen molar-refractivity contribution in [3.63, 3.8) is 0 Å². The van der Waals surface area contributed by atoms with Crippen molar-refractivity contribution in [2.24, 2.45) is 0 Å². The molecule has 0 radical (unpaired) electrons. The number of hydrogen-bond acceptors (Lipinski definition) is 1. The molecular formula is H10Al2LiO4PTi. The smallest absolute Gasteiger partial charge is 0 e. The molecule has 9 heavy (non-hydrogen) atoms. The van der Waals surface area contributed by atoms with E-state index in [1.54, 1.807) is 0 Å². The third kappa shape index (κ3) is 122. The van der Waals surface area contributed by atoms with Crippen LogP contribution in [0.15, 0.2) is 0 Å². The zero-order valence-electron chi connectivity index (χ0n) is 2.70. The summed E-state index contributed by atoms with van der Waals surface area (Å²) in [6.45, 7) is 0. The summed E-state index contributed by atoms with van der Waals surface area (Å²) in [4.78, 5) is 21.6. The average Bonchev–Trinajstić information content (AvgIpc) is 0.722. The Morgan fingerprint density at radius 1 is 1.00 bits per heavy atom. The fourth-order valence-electron chi connectivity index (χ4n) is 0. The van der Waals surface area contributed by atoms with Crippen LogP contribution >= 0.6 is 7.82 Å². The van der Waals surface area contributed by atoms with Gasteiger partial charge in [0, 0.05) is 21.7 Å². The van der Waals surface area contributed by atoms with Crippen molar-refractivity contribution in [1.29, 1.82) is 0 Å². The molecule has 3 N–H and O–H groups in total. The zero-order chi connectivity index (χ0) is 4.50. The molecule has 0 atom stereocenters. The van der Waals surface area contributed by atoms with E-state index in [1.165, 1.54) is 0 Å². The molecule has 0 bridgehead atoms. The van der Waals surface area contributed by atoms with Gasteiger partial charge in [0.15, 0.2) is 34.7 Å². The summed E-state index contributed by atoms with van der Waals surface area (Å²) >= 11 is 0. The van der Waals surface area contributed by atoms with Crippen LogP contribution in [-0.4, -0.2) is 68.3 Å². The molecule has 0 rings (SSSR count). The molecule has 0 aliphatic heterocycles. The number of hydrogen-bond donors (Lipinski definition) is 3. The Morgan fingerprint density at radius 3 is 1.00 bits per heavy atom. The van der Waals surface area contributed by atoms with Crippen LogP contribution in [0.2, 0.25) is 0 Å². The second-order valence-corrected chi connectivity index (χ2v) is 1.54. The SMILES string of the molecule is O=P(O)(O)O.[AlH3].[AlH3].[LiH].[Ti]. The summed E-state index contributed by atoms with van der Waals surface area (Å²) in [6, 6.07) is 0. The van der Waals surface area contributed by atoms with Crippen LogP contribution in [0.3, 0.4) is 0 Å². The standard InChI is InChI=1S/2Al.Li.H3O4P.Ti.7H/c;;;1-5(2,3)4;;;;;;;;/h;;;(H3,1,2,3,4);;;;;;;;. The average molecular weight is 214 g/mol. The fourth-order valence-corrected chi connectivity index (χ4v) is 0. The second-order valence-electron chi connectivity index (χ2n) is 0.513. The molecule has 0 aromatic heterocycles. The van der Waals surface area contributed by atoms with Crippen molar-refractivity contribution in [1.82, 2.24) is 0 Å². The normalized spacial score (nSPS) is 6.56. The molecule has 4 nitrogen and oxygen atoms in total. The fraction of sp³-hybridized carbons (Fsp3) is 0. The molecule has 50 valence electrons. The molecule has 0 saturated heterocycles. The van der Waals surface area contributed by atoms with Crippen LogP contribution in [0, 0.1) is 0 Å². The Bertz CT molecular complexity index is 64.7. The third-order valence-corrected chi connectivity index (χ3v) is 0. The predicted molar refractivity (Wildman–Crippen MR) is 41.3 cm³/mol. The van der Waals surface area contributed by atoms with Gasteiger partial charge in [-0.2, -0.15) is 0 Å². The first kappa shape index (κ1) is 30.0. The summed E-state index contributed by atoms with van der Waals surface area (Å²) in [5.41, 5.74) is 0. The van der Waals surface area contributed by atoms with Crippen molar-refractivity contribution in [3.8, 4) is 0 Å². The Balaban J connectivity index is -0.0000000133. The molecule has 0 heterocycles. The van der Waals surface area contributed by atoms with Gasteiger partial charge < -0.3 is 14.7 Å². The van der Waals surface area contributed by atoms with Crippen molar-refractivity contribution >= 4 is 61.4 Å². The van der Waals surface area contributed by atoms with Gasteiger partial charge in [0.1, 0.15) is 0 Å². The van der Waals surface area contributed by atoms with Crippen LogP contribution < -0.4 is 0 Å². The summed E-state index contributed by atoms with van der Waals surface area (Å²) in [7, 11) is -4.64. The minimum absolute atomic E-state index is 0. The van der Waals surface area contributed by atoms with E-state index >= 15 is 0 Å². The maximum atomic E-state index is 8.88. The molecule has 0 aliphatic carbocycles. The molecule has 0 aromatic carbocycles. The van der Waals surface area contributed by atoms with E-state index in [1.807, 2.05) is 0 Å². The van der Waals surface area contributed by atoms with Gasteiger partial charge in [0.25, 0.3) is 0 Å². The van der Waals surface area contributed by atoms with Gasteiger partial charge in [0.2, 0.25) is 0 Å². The van der Waals surface area contributed by atoms with E-state index in [-0.39, 0.29) is 75.3 Å². The maximum Gasteiger partial charge on any atom is 0 e. The minimum atomic E-state index is -4.64. The van der Waals surface area contributed by atoms with Gasteiger partial charge in [-0.25, -0.2) is 4.57 Å². The minimum Gasteiger partial charge on any atom is 0 e. The predicted octanol–water partition coefficient (Wildman–Crippen LogP) is -3.95. The van der Waals surface area contributed by atoms with Crippen molar-refractivity contribution in [3.05, 3.63) is 0 Å². The van der Waals surface area contributed by atoms with Crippen molar-refractivity contribution in [2.45, 2.75) is 0 Å². The first-order valence-electron chi connectivity index (χ1n) is 0.783. The zero-order valence-corrected chi connectivity index (χ0v) is 5.15. The molecular weight excluding hydrogens is 204 g/mol. The van der Waals surface area contributed by atoms with Crippen LogP contribution in [0.5, 0.6) is 0 Å². The summed E-state index contributed by atoms with van der Waals surface area (Å²) in [5, 5.41) is 0. The Labute approximate surface area is 101 Å². The Kier molecular flexibility index (Phi) is 43.7. The summed E-state index contributed by atoms with van der Waals surface area (Å²) < 4.78 is 8.88. The molecule has 9 heteroatoms. The van der Waals surface area contributed by atoms with E-state index in [0.717, 1.165) is 0 Å². The molecule has 0 fully saturated rings. The van der Waals surface area contributed by atoms with Crippen molar-refractivity contribution in [2.75, 3.05) is 0 Å². The van der Waals surface area contributed by atoms with Gasteiger partial charge in [0.05, 0.1) is 0 Å². The molecule has 0 amide bonds. The molecule has 0 unspecified atom stereocenters. The van der Waals surface area contributed by atoms with E-state index in [2.05, 4.69) is 0 Å². The quantitative estimate of drug-likeness (QED) is 0.284. The van der Waals surface area contributed by atoms with Gasteiger partial charge in [-0.05, 0) is 0 Å². The summed E-state index contributed by atoms with van der Waals surface area (Å²) in [6.07, 6.45) is 0. The number of rotatable bonds is 0.